The molecule has 24 heavy (non-hydrogen) atoms. The zero-order chi connectivity index (χ0) is 17.1. The van der Waals surface area contributed by atoms with Crippen molar-refractivity contribution in [1.82, 2.24) is 30.5 Å². The van der Waals surface area contributed by atoms with Gasteiger partial charge in [0.05, 0.1) is 5.69 Å². The molecule has 0 aliphatic heterocycles. The number of amides is 2. The number of nitrogens with zero attached hydrogens (tertiary/aromatic N) is 4. The van der Waals surface area contributed by atoms with Gasteiger partial charge in [0.1, 0.15) is 11.0 Å². The monoisotopic (exact) mass is 327 g/mol. The summed E-state index contributed by atoms with van der Waals surface area (Å²) in [7, 11) is 1.79. The first-order valence-corrected chi connectivity index (χ1v) is 7.87. The Balaban J connectivity index is 1.52. The molecular formula is C16H21N7O. The zero-order valence-electron chi connectivity index (χ0n) is 14.1. The van der Waals surface area contributed by atoms with Crippen LogP contribution < -0.4 is 5.32 Å². The minimum Gasteiger partial charge on any atom is -0.328 e. The first kappa shape index (κ1) is 16.0. The molecule has 0 fully saturated rings. The van der Waals surface area contributed by atoms with Crippen molar-refractivity contribution in [3.8, 4) is 0 Å². The summed E-state index contributed by atoms with van der Waals surface area (Å²) >= 11 is 0. The second-order valence-corrected chi connectivity index (χ2v) is 5.89. The van der Waals surface area contributed by atoms with Crippen LogP contribution in [0.25, 0.3) is 11.0 Å². The predicted molar refractivity (Wildman–Crippen MR) is 91.9 cm³/mol. The van der Waals surface area contributed by atoms with Crippen LogP contribution in [0.1, 0.15) is 23.4 Å². The van der Waals surface area contributed by atoms with E-state index >= 15 is 0 Å². The fraction of sp³-hybridized carbons (Fsp3) is 0.375. The number of nitrogens with one attached hydrogen (secondary N) is 3. The van der Waals surface area contributed by atoms with E-state index in [0.717, 1.165) is 35.3 Å². The molecule has 8 heteroatoms. The predicted octanol–water partition coefficient (Wildman–Crippen LogP) is 2.39. The van der Waals surface area contributed by atoms with Crippen molar-refractivity contribution >= 4 is 22.8 Å². The van der Waals surface area contributed by atoms with Crippen LogP contribution in [-0.2, 0) is 6.42 Å². The number of carbonyl (C=O) groups is 1. The Kier molecular flexibility index (Phi) is 4.45. The average molecular weight is 327 g/mol. The molecule has 0 saturated heterocycles. The maximum atomic E-state index is 12.3. The van der Waals surface area contributed by atoms with Crippen LogP contribution in [0.3, 0.4) is 0 Å². The van der Waals surface area contributed by atoms with Gasteiger partial charge in [0.2, 0.25) is 0 Å². The van der Waals surface area contributed by atoms with Crippen LogP contribution in [0.4, 0.5) is 10.5 Å². The van der Waals surface area contributed by atoms with Crippen molar-refractivity contribution < 1.29 is 4.79 Å². The molecule has 1 aromatic carbocycles. The first-order chi connectivity index (χ1) is 11.5. The summed E-state index contributed by atoms with van der Waals surface area (Å²) in [6.07, 6.45) is 1.78. The van der Waals surface area contributed by atoms with Gasteiger partial charge in [-0.05, 0) is 50.5 Å². The molecule has 8 nitrogen and oxygen atoms in total. The van der Waals surface area contributed by atoms with Crippen LogP contribution in [0.5, 0.6) is 0 Å². The molecular weight excluding hydrogens is 306 g/mol. The summed E-state index contributed by atoms with van der Waals surface area (Å²) < 4.78 is 0. The van der Waals surface area contributed by atoms with Gasteiger partial charge in [0, 0.05) is 25.0 Å². The van der Waals surface area contributed by atoms with Crippen LogP contribution >= 0.6 is 0 Å². The fourth-order valence-electron chi connectivity index (χ4n) is 2.67. The van der Waals surface area contributed by atoms with Crippen molar-refractivity contribution in [3.63, 3.8) is 0 Å². The highest BCUT2D eigenvalue weighted by molar-refractivity contribution is 5.91. The number of hydrogen-bond donors (Lipinski definition) is 3. The van der Waals surface area contributed by atoms with E-state index < -0.39 is 0 Å². The summed E-state index contributed by atoms with van der Waals surface area (Å²) in [5, 5.41) is 20.6. The maximum absolute atomic E-state index is 12.3. The Hall–Kier alpha value is -2.90. The van der Waals surface area contributed by atoms with E-state index in [4.69, 9.17) is 0 Å². The smallest absolute Gasteiger partial charge is 0.321 e. The summed E-state index contributed by atoms with van der Waals surface area (Å²) in [6, 6.07) is 5.29. The van der Waals surface area contributed by atoms with E-state index in [-0.39, 0.29) is 6.03 Å². The molecule has 3 aromatic rings. The van der Waals surface area contributed by atoms with Crippen molar-refractivity contribution in [2.24, 2.45) is 0 Å². The number of fused-ring (bicyclic) bond motifs is 1. The molecule has 0 unspecified atom stereocenters. The number of benzene rings is 1. The summed E-state index contributed by atoms with van der Waals surface area (Å²) in [4.78, 5) is 13.9. The molecule has 2 amide bonds. The number of aromatic amines is 2. The van der Waals surface area contributed by atoms with Crippen molar-refractivity contribution in [3.05, 3.63) is 35.2 Å². The highest BCUT2D eigenvalue weighted by atomic mass is 16.2. The Bertz CT molecular complexity index is 832. The number of anilines is 1. The lowest BCUT2D eigenvalue weighted by Gasteiger charge is -2.18. The zero-order valence-corrected chi connectivity index (χ0v) is 14.1. The molecule has 0 aliphatic carbocycles. The third-order valence-electron chi connectivity index (χ3n) is 4.12. The number of rotatable bonds is 5. The lowest BCUT2D eigenvalue weighted by Crippen LogP contribution is -2.32. The summed E-state index contributed by atoms with van der Waals surface area (Å²) in [6.45, 7) is 4.68. The van der Waals surface area contributed by atoms with E-state index in [0.29, 0.717) is 12.2 Å². The van der Waals surface area contributed by atoms with Crippen molar-refractivity contribution in [2.75, 3.05) is 18.9 Å². The van der Waals surface area contributed by atoms with Gasteiger partial charge in [0.25, 0.3) is 0 Å². The van der Waals surface area contributed by atoms with Crippen LogP contribution in [-0.4, -0.2) is 50.1 Å². The molecule has 2 aromatic heterocycles. The van der Waals surface area contributed by atoms with Gasteiger partial charge in [-0.2, -0.15) is 20.5 Å². The van der Waals surface area contributed by atoms with E-state index in [1.54, 1.807) is 18.0 Å². The lowest BCUT2D eigenvalue weighted by atomic mass is 10.1. The van der Waals surface area contributed by atoms with E-state index in [2.05, 4.69) is 30.9 Å². The second kappa shape index (κ2) is 6.69. The molecule has 126 valence electrons. The van der Waals surface area contributed by atoms with Gasteiger partial charge in [-0.1, -0.05) is 0 Å². The van der Waals surface area contributed by atoms with Gasteiger partial charge in [0.15, 0.2) is 0 Å². The molecule has 2 heterocycles. The third kappa shape index (κ3) is 3.37. The highest BCUT2D eigenvalue weighted by Gasteiger charge is 2.11. The van der Waals surface area contributed by atoms with Gasteiger partial charge in [-0.15, -0.1) is 0 Å². The molecule has 3 rings (SSSR count). The molecule has 0 atom stereocenters. The highest BCUT2D eigenvalue weighted by Crippen LogP contribution is 2.15. The first-order valence-electron chi connectivity index (χ1n) is 7.87. The quantitative estimate of drug-likeness (QED) is 0.669. The second-order valence-electron chi connectivity index (χ2n) is 5.89. The normalized spacial score (nSPS) is 11.0. The number of aryl methyl sites for hydroxylation is 2. The molecule has 3 N–H and O–H groups in total. The minimum absolute atomic E-state index is 0.140. The summed E-state index contributed by atoms with van der Waals surface area (Å²) in [5.74, 6) is 0. The molecule has 0 aliphatic rings. The summed E-state index contributed by atoms with van der Waals surface area (Å²) in [5.41, 5.74) is 5.56. The van der Waals surface area contributed by atoms with Crippen LogP contribution in [0.15, 0.2) is 18.2 Å². The Morgan fingerprint density at radius 1 is 1.21 bits per heavy atom. The topological polar surface area (TPSA) is 103 Å². The van der Waals surface area contributed by atoms with Gasteiger partial charge in [-0.25, -0.2) is 4.79 Å². The molecule has 0 spiro atoms. The average Bonchev–Trinajstić information content (AvgIpc) is 3.15. The number of carbonyl (C=O) groups excluding carboxylic acids is 1. The SMILES string of the molecule is Cc1n[nH]c(C)c1CCCN(C)C(=O)Nc1ccc2n[nH]nc2c1. The van der Waals surface area contributed by atoms with E-state index in [9.17, 15) is 4.79 Å². The maximum Gasteiger partial charge on any atom is 0.321 e. The van der Waals surface area contributed by atoms with Crippen molar-refractivity contribution in [2.45, 2.75) is 26.7 Å². The Morgan fingerprint density at radius 3 is 2.75 bits per heavy atom. The lowest BCUT2D eigenvalue weighted by molar-refractivity contribution is 0.222. The molecule has 0 saturated carbocycles. The van der Waals surface area contributed by atoms with Crippen LogP contribution in [0.2, 0.25) is 0 Å². The number of hydrogen-bond acceptors (Lipinski definition) is 4. The number of H-pyrrole nitrogens is 2. The van der Waals surface area contributed by atoms with E-state index in [1.807, 2.05) is 26.0 Å². The minimum atomic E-state index is -0.140. The van der Waals surface area contributed by atoms with Crippen LogP contribution in [0, 0.1) is 13.8 Å². The van der Waals surface area contributed by atoms with Crippen molar-refractivity contribution in [1.29, 1.82) is 0 Å². The van der Waals surface area contributed by atoms with Gasteiger partial charge in [-0.3, -0.25) is 5.10 Å². The largest absolute Gasteiger partial charge is 0.328 e. The molecule has 0 bridgehead atoms. The van der Waals surface area contributed by atoms with E-state index in [1.165, 1.54) is 5.56 Å². The Morgan fingerprint density at radius 2 is 2.00 bits per heavy atom. The third-order valence-corrected chi connectivity index (χ3v) is 4.12. The van der Waals surface area contributed by atoms with Gasteiger partial charge >= 0.3 is 6.03 Å². The standard InChI is InChI=1S/C16H21N7O/c1-10-13(11(2)19-18-10)5-4-8-23(3)16(24)17-12-6-7-14-15(9-12)21-22-20-14/h6-7,9H,4-5,8H2,1-3H3,(H,17,24)(H,18,19)(H,20,21,22). The Labute approximate surface area is 139 Å². The van der Waals surface area contributed by atoms with Gasteiger partial charge < -0.3 is 10.2 Å². The number of urea groups is 1. The fourth-order valence-corrected chi connectivity index (χ4v) is 2.67. The number of aromatic nitrogens is 5. The molecule has 0 radical (unpaired) electrons.